The smallest absolute Gasteiger partial charge is 0.224 e. The molecule has 2 aliphatic rings. The van der Waals surface area contributed by atoms with Gasteiger partial charge >= 0.3 is 0 Å². The van der Waals surface area contributed by atoms with Gasteiger partial charge in [-0.15, -0.1) is 0 Å². The van der Waals surface area contributed by atoms with Crippen LogP contribution in [-0.2, 0) is 11.3 Å². The summed E-state index contributed by atoms with van der Waals surface area (Å²) in [6.45, 7) is 5.72. The Morgan fingerprint density at radius 1 is 1.10 bits per heavy atom. The molecule has 5 heteroatoms. The molecular weight excluding hydrogens is 389 g/mol. The van der Waals surface area contributed by atoms with Crippen molar-refractivity contribution in [1.29, 1.82) is 0 Å². The Bertz CT molecular complexity index is 878. The van der Waals surface area contributed by atoms with Gasteiger partial charge in [0.15, 0.2) is 5.82 Å². The van der Waals surface area contributed by atoms with Gasteiger partial charge in [-0.3, -0.25) is 4.79 Å². The zero-order valence-electron chi connectivity index (χ0n) is 19.3. The van der Waals surface area contributed by atoms with E-state index in [4.69, 9.17) is 4.98 Å². The van der Waals surface area contributed by atoms with Crippen molar-refractivity contribution in [2.24, 2.45) is 5.92 Å². The van der Waals surface area contributed by atoms with Crippen LogP contribution in [0.3, 0.4) is 0 Å². The molecule has 1 heterocycles. The second-order valence-electron chi connectivity index (χ2n) is 9.58. The third-order valence-electron chi connectivity index (χ3n) is 7.77. The Morgan fingerprint density at radius 3 is 2.52 bits per heavy atom. The largest absolute Gasteiger partial charge is 0.340 e. The topological polar surface area (TPSA) is 38.1 Å². The first-order valence-corrected chi connectivity index (χ1v) is 12.6. The van der Waals surface area contributed by atoms with Crippen molar-refractivity contribution in [3.63, 3.8) is 0 Å². The first-order chi connectivity index (χ1) is 15.1. The predicted octanol–water partition coefficient (Wildman–Crippen LogP) is 6.43. The molecular formula is C26H38FN3O. The Morgan fingerprint density at radius 2 is 1.84 bits per heavy atom. The fourth-order valence-electron chi connectivity index (χ4n) is 5.89. The maximum Gasteiger partial charge on any atom is 0.224 e. The molecule has 0 radical (unpaired) electrons. The molecule has 1 amide bonds. The fraction of sp³-hybridized carbons (Fsp3) is 0.692. The van der Waals surface area contributed by atoms with Crippen LogP contribution in [-0.4, -0.2) is 32.9 Å². The number of para-hydroxylation sites is 1. The van der Waals surface area contributed by atoms with Crippen LogP contribution in [0.15, 0.2) is 18.2 Å². The molecule has 2 fully saturated rings. The normalized spacial score (nSPS) is 22.7. The van der Waals surface area contributed by atoms with Gasteiger partial charge in [0.05, 0.1) is 5.52 Å². The van der Waals surface area contributed by atoms with Gasteiger partial charge in [-0.1, -0.05) is 38.7 Å². The lowest BCUT2D eigenvalue weighted by Gasteiger charge is -2.34. The summed E-state index contributed by atoms with van der Waals surface area (Å²) in [5, 5.41) is 0. The van der Waals surface area contributed by atoms with Gasteiger partial charge in [0.25, 0.3) is 0 Å². The monoisotopic (exact) mass is 427 g/mol. The third kappa shape index (κ3) is 4.80. The van der Waals surface area contributed by atoms with E-state index in [0.29, 0.717) is 30.4 Å². The van der Waals surface area contributed by atoms with E-state index in [1.54, 1.807) is 6.07 Å². The molecule has 0 N–H and O–H groups in total. The minimum atomic E-state index is -0.261. The van der Waals surface area contributed by atoms with Crippen LogP contribution in [0, 0.1) is 11.7 Å². The maximum atomic E-state index is 14.5. The van der Waals surface area contributed by atoms with Gasteiger partial charge < -0.3 is 9.47 Å². The summed E-state index contributed by atoms with van der Waals surface area (Å²) in [6.07, 6.45) is 12.4. The van der Waals surface area contributed by atoms with E-state index in [1.165, 1.54) is 44.6 Å². The van der Waals surface area contributed by atoms with Gasteiger partial charge in [-0.2, -0.15) is 0 Å². The summed E-state index contributed by atoms with van der Waals surface area (Å²) in [5.41, 5.74) is 1.29. The highest BCUT2D eigenvalue weighted by Crippen LogP contribution is 2.38. The SMILES string of the molecule is CCN(C(=O)CCn1c2cccc(F)c2nc1[C@H]1CC[C@H](CC)CC1)C1CCCCC1. The Labute approximate surface area is 186 Å². The molecule has 0 bridgehead atoms. The summed E-state index contributed by atoms with van der Waals surface area (Å²) in [6, 6.07) is 5.60. The number of hydrogen-bond donors (Lipinski definition) is 0. The number of aryl methyl sites for hydroxylation is 1. The highest BCUT2D eigenvalue weighted by molar-refractivity contribution is 5.78. The summed E-state index contributed by atoms with van der Waals surface area (Å²) in [7, 11) is 0. The molecule has 2 aromatic rings. The second kappa shape index (κ2) is 10.1. The van der Waals surface area contributed by atoms with Crippen molar-refractivity contribution in [2.75, 3.05) is 6.54 Å². The molecule has 0 spiro atoms. The number of carbonyl (C=O) groups excluding carboxylic acids is 1. The number of hydrogen-bond acceptors (Lipinski definition) is 2. The first kappa shape index (κ1) is 22.3. The number of rotatable bonds is 7. The van der Waals surface area contributed by atoms with Gasteiger partial charge in [-0.25, -0.2) is 9.37 Å². The maximum absolute atomic E-state index is 14.5. The van der Waals surface area contributed by atoms with Crippen LogP contribution in [0.5, 0.6) is 0 Å². The van der Waals surface area contributed by atoms with Crippen molar-refractivity contribution in [1.82, 2.24) is 14.5 Å². The van der Waals surface area contributed by atoms with Gasteiger partial charge in [-0.05, 0) is 63.5 Å². The molecule has 0 unspecified atom stereocenters. The third-order valence-corrected chi connectivity index (χ3v) is 7.77. The van der Waals surface area contributed by atoms with Crippen LogP contribution in [0.2, 0.25) is 0 Å². The number of imidazole rings is 1. The van der Waals surface area contributed by atoms with Crippen LogP contribution < -0.4 is 0 Å². The zero-order valence-corrected chi connectivity index (χ0v) is 19.3. The molecule has 31 heavy (non-hydrogen) atoms. The Hall–Kier alpha value is -1.91. The van der Waals surface area contributed by atoms with Crippen molar-refractivity contribution in [3.8, 4) is 0 Å². The predicted molar refractivity (Wildman–Crippen MR) is 124 cm³/mol. The van der Waals surface area contributed by atoms with Crippen molar-refractivity contribution in [3.05, 3.63) is 29.8 Å². The number of nitrogens with zero attached hydrogens (tertiary/aromatic N) is 3. The number of fused-ring (bicyclic) bond motifs is 1. The van der Waals surface area contributed by atoms with E-state index in [-0.39, 0.29) is 11.7 Å². The molecule has 0 atom stereocenters. The minimum absolute atomic E-state index is 0.230. The van der Waals surface area contributed by atoms with Crippen LogP contribution in [0.4, 0.5) is 4.39 Å². The lowest BCUT2D eigenvalue weighted by molar-refractivity contribution is -0.134. The van der Waals surface area contributed by atoms with Gasteiger partial charge in [0, 0.05) is 31.5 Å². The van der Waals surface area contributed by atoms with E-state index in [0.717, 1.165) is 49.5 Å². The highest BCUT2D eigenvalue weighted by atomic mass is 19.1. The van der Waals surface area contributed by atoms with E-state index < -0.39 is 0 Å². The van der Waals surface area contributed by atoms with E-state index in [9.17, 15) is 9.18 Å². The van der Waals surface area contributed by atoms with Crippen molar-refractivity contribution >= 4 is 16.9 Å². The van der Waals surface area contributed by atoms with Crippen LogP contribution in [0.25, 0.3) is 11.0 Å². The first-order valence-electron chi connectivity index (χ1n) is 12.6. The number of halogens is 1. The molecule has 1 aromatic carbocycles. The average Bonchev–Trinajstić information content (AvgIpc) is 3.19. The summed E-state index contributed by atoms with van der Waals surface area (Å²) in [4.78, 5) is 20.0. The molecule has 170 valence electrons. The van der Waals surface area contributed by atoms with Crippen molar-refractivity contribution in [2.45, 2.75) is 103 Å². The molecule has 4 rings (SSSR count). The second-order valence-corrected chi connectivity index (χ2v) is 9.58. The van der Waals surface area contributed by atoms with Gasteiger partial charge in [0.2, 0.25) is 5.91 Å². The van der Waals surface area contributed by atoms with Crippen molar-refractivity contribution < 1.29 is 9.18 Å². The number of carbonyl (C=O) groups is 1. The molecule has 0 aliphatic heterocycles. The molecule has 2 saturated carbocycles. The quantitative estimate of drug-likeness (QED) is 0.510. The average molecular weight is 428 g/mol. The van der Waals surface area contributed by atoms with Crippen LogP contribution in [0.1, 0.15) is 96.2 Å². The Balaban J connectivity index is 1.54. The number of amides is 1. The zero-order chi connectivity index (χ0) is 21.8. The molecule has 4 nitrogen and oxygen atoms in total. The van der Waals surface area contributed by atoms with E-state index in [2.05, 4.69) is 23.3 Å². The fourth-order valence-corrected chi connectivity index (χ4v) is 5.89. The molecule has 2 aliphatic carbocycles. The minimum Gasteiger partial charge on any atom is -0.340 e. The van der Waals surface area contributed by atoms with Crippen LogP contribution >= 0.6 is 0 Å². The van der Waals surface area contributed by atoms with Gasteiger partial charge in [0.1, 0.15) is 11.3 Å². The van der Waals surface area contributed by atoms with E-state index >= 15 is 0 Å². The lowest BCUT2D eigenvalue weighted by atomic mass is 9.80. The summed E-state index contributed by atoms with van der Waals surface area (Å²) < 4.78 is 16.7. The lowest BCUT2D eigenvalue weighted by Crippen LogP contribution is -2.41. The number of benzene rings is 1. The molecule has 1 aromatic heterocycles. The standard InChI is InChI=1S/C26H38FN3O/c1-3-19-13-15-20(16-14-19)26-28-25-22(27)11-8-12-23(25)30(26)18-17-24(31)29(4-2)21-9-6-5-7-10-21/h8,11-12,19-21H,3-7,9-10,13-18H2,1-2H3/t19-,20-. The summed E-state index contributed by atoms with van der Waals surface area (Å²) in [5.74, 6) is 2.13. The Kier molecular flexibility index (Phi) is 7.29. The number of aromatic nitrogens is 2. The summed E-state index contributed by atoms with van der Waals surface area (Å²) >= 11 is 0. The highest BCUT2D eigenvalue weighted by Gasteiger charge is 2.28. The van der Waals surface area contributed by atoms with E-state index in [1.807, 2.05) is 6.07 Å². The molecule has 0 saturated heterocycles.